The third-order valence-corrected chi connectivity index (χ3v) is 2.66. The Bertz CT molecular complexity index is 639. The van der Waals surface area contributed by atoms with E-state index in [9.17, 15) is 13.2 Å². The van der Waals surface area contributed by atoms with Gasteiger partial charge in [0.25, 0.3) is 0 Å². The molecule has 0 bridgehead atoms. The third-order valence-electron chi connectivity index (χ3n) is 2.66. The Labute approximate surface area is 113 Å². The maximum atomic E-state index is 13.9. The summed E-state index contributed by atoms with van der Waals surface area (Å²) in [7, 11) is 0. The number of nitrogen functional groups attached to an aromatic ring is 1. The summed E-state index contributed by atoms with van der Waals surface area (Å²) in [4.78, 5) is 0. The number of rotatable bonds is 4. The molecule has 20 heavy (non-hydrogen) atoms. The quantitative estimate of drug-likeness (QED) is 0.668. The van der Waals surface area contributed by atoms with Crippen LogP contribution in [0.2, 0.25) is 0 Å². The molecule has 0 saturated carbocycles. The summed E-state index contributed by atoms with van der Waals surface area (Å²) in [6.07, 6.45) is 0. The fourth-order valence-electron chi connectivity index (χ4n) is 1.67. The Morgan fingerprint density at radius 2 is 1.65 bits per heavy atom. The van der Waals surface area contributed by atoms with Crippen LogP contribution in [0.25, 0.3) is 0 Å². The minimum Gasteiger partial charge on any atom is -0.483 e. The van der Waals surface area contributed by atoms with E-state index in [1.807, 2.05) is 0 Å². The van der Waals surface area contributed by atoms with Crippen LogP contribution in [-0.2, 0) is 6.61 Å². The first kappa shape index (κ1) is 13.9. The van der Waals surface area contributed by atoms with E-state index in [0.29, 0.717) is 0 Å². The predicted molar refractivity (Wildman–Crippen MR) is 68.1 cm³/mol. The highest BCUT2D eigenvalue weighted by Gasteiger charge is 2.13. The Kier molecular flexibility index (Phi) is 3.93. The van der Waals surface area contributed by atoms with Crippen LogP contribution in [-0.4, -0.2) is 5.84 Å². The molecule has 0 radical (unpaired) electrons. The Morgan fingerprint density at radius 3 is 2.25 bits per heavy atom. The van der Waals surface area contributed by atoms with Crippen LogP contribution >= 0.6 is 0 Å². The van der Waals surface area contributed by atoms with Gasteiger partial charge in [-0.2, -0.15) is 0 Å². The van der Waals surface area contributed by atoms with Crippen LogP contribution in [0.5, 0.6) is 5.75 Å². The van der Waals surface area contributed by atoms with Gasteiger partial charge in [0.2, 0.25) is 0 Å². The molecular weight excluding hydrogens is 269 g/mol. The van der Waals surface area contributed by atoms with Crippen LogP contribution < -0.4 is 10.5 Å². The molecule has 0 spiro atoms. The van der Waals surface area contributed by atoms with E-state index < -0.39 is 29.0 Å². The Morgan fingerprint density at radius 1 is 1.05 bits per heavy atom. The number of para-hydroxylation sites is 1. The van der Waals surface area contributed by atoms with Gasteiger partial charge in [0.05, 0.1) is 5.56 Å². The molecule has 0 amide bonds. The van der Waals surface area contributed by atoms with Crippen LogP contribution in [0, 0.1) is 22.9 Å². The number of hydrogen-bond acceptors (Lipinski definition) is 2. The lowest BCUT2D eigenvalue weighted by atomic mass is 10.1. The lowest BCUT2D eigenvalue weighted by Gasteiger charge is -2.10. The van der Waals surface area contributed by atoms with Crippen molar-refractivity contribution in [3.63, 3.8) is 0 Å². The van der Waals surface area contributed by atoms with Crippen LogP contribution in [0.4, 0.5) is 13.2 Å². The predicted octanol–water partition coefficient (Wildman–Crippen LogP) is 2.97. The fourth-order valence-corrected chi connectivity index (χ4v) is 1.67. The highest BCUT2D eigenvalue weighted by molar-refractivity contribution is 5.95. The second-order valence-electron chi connectivity index (χ2n) is 4.03. The summed E-state index contributed by atoms with van der Waals surface area (Å²) in [5.74, 6) is -3.47. The van der Waals surface area contributed by atoms with E-state index in [1.165, 1.54) is 24.3 Å². The van der Waals surface area contributed by atoms with Crippen molar-refractivity contribution in [2.24, 2.45) is 5.73 Å². The van der Waals surface area contributed by atoms with E-state index in [-0.39, 0.29) is 17.7 Å². The van der Waals surface area contributed by atoms with Gasteiger partial charge in [-0.15, -0.1) is 0 Å². The molecule has 0 aliphatic carbocycles. The molecule has 0 aliphatic rings. The molecule has 104 valence electrons. The molecule has 0 atom stereocenters. The molecule has 2 aromatic carbocycles. The standard InChI is InChI=1S/C14H11F3N2O/c15-10-5-2-6-11(16)13(10)20-7-8-3-1-4-9(12(8)17)14(18)19/h1-6H,7H2,(H3,18,19). The lowest BCUT2D eigenvalue weighted by Crippen LogP contribution is -2.15. The van der Waals surface area contributed by atoms with E-state index in [4.69, 9.17) is 15.9 Å². The first-order chi connectivity index (χ1) is 9.50. The van der Waals surface area contributed by atoms with Crippen molar-refractivity contribution in [3.8, 4) is 5.75 Å². The zero-order chi connectivity index (χ0) is 14.7. The first-order valence-electron chi connectivity index (χ1n) is 5.69. The van der Waals surface area contributed by atoms with Gasteiger partial charge in [0.15, 0.2) is 17.4 Å². The summed E-state index contributed by atoms with van der Waals surface area (Å²) in [6.45, 7) is -0.370. The average Bonchev–Trinajstić information content (AvgIpc) is 2.39. The molecule has 0 unspecified atom stereocenters. The Hall–Kier alpha value is -2.50. The van der Waals surface area contributed by atoms with Crippen LogP contribution in [0.15, 0.2) is 36.4 Å². The van der Waals surface area contributed by atoms with Crippen molar-refractivity contribution in [1.82, 2.24) is 0 Å². The second kappa shape index (κ2) is 5.64. The molecule has 2 aromatic rings. The van der Waals surface area contributed by atoms with Gasteiger partial charge >= 0.3 is 0 Å². The summed E-state index contributed by atoms with van der Waals surface area (Å²) in [5, 5.41) is 7.21. The molecule has 0 aromatic heterocycles. The third kappa shape index (κ3) is 2.74. The van der Waals surface area contributed by atoms with Crippen molar-refractivity contribution in [3.05, 3.63) is 65.0 Å². The van der Waals surface area contributed by atoms with Crippen molar-refractivity contribution >= 4 is 5.84 Å². The van der Waals surface area contributed by atoms with Gasteiger partial charge in [0, 0.05) is 5.56 Å². The normalized spacial score (nSPS) is 10.3. The maximum Gasteiger partial charge on any atom is 0.191 e. The molecule has 3 N–H and O–H groups in total. The highest BCUT2D eigenvalue weighted by Crippen LogP contribution is 2.23. The maximum absolute atomic E-state index is 13.9. The molecule has 2 rings (SSSR count). The van der Waals surface area contributed by atoms with Crippen molar-refractivity contribution < 1.29 is 17.9 Å². The summed E-state index contributed by atoms with van der Waals surface area (Å²) < 4.78 is 45.6. The summed E-state index contributed by atoms with van der Waals surface area (Å²) >= 11 is 0. The van der Waals surface area contributed by atoms with Crippen LogP contribution in [0.3, 0.4) is 0 Å². The number of hydrogen-bond donors (Lipinski definition) is 2. The van der Waals surface area contributed by atoms with Gasteiger partial charge in [-0.25, -0.2) is 13.2 Å². The largest absolute Gasteiger partial charge is 0.483 e. The minimum atomic E-state index is -0.867. The molecule has 0 heterocycles. The second-order valence-corrected chi connectivity index (χ2v) is 4.03. The van der Waals surface area contributed by atoms with E-state index >= 15 is 0 Å². The smallest absolute Gasteiger partial charge is 0.191 e. The number of nitrogens with one attached hydrogen (secondary N) is 1. The number of benzene rings is 2. The zero-order valence-electron chi connectivity index (χ0n) is 10.3. The molecular formula is C14H11F3N2O. The van der Waals surface area contributed by atoms with Gasteiger partial charge in [0.1, 0.15) is 18.3 Å². The van der Waals surface area contributed by atoms with Gasteiger partial charge in [-0.1, -0.05) is 18.2 Å². The first-order valence-corrected chi connectivity index (χ1v) is 5.69. The summed E-state index contributed by atoms with van der Waals surface area (Å²) in [6, 6.07) is 7.50. The van der Waals surface area contributed by atoms with E-state index in [2.05, 4.69) is 0 Å². The zero-order valence-corrected chi connectivity index (χ0v) is 10.3. The number of ether oxygens (including phenoxy) is 1. The van der Waals surface area contributed by atoms with Gasteiger partial charge < -0.3 is 10.5 Å². The van der Waals surface area contributed by atoms with Crippen LogP contribution in [0.1, 0.15) is 11.1 Å². The molecule has 0 saturated heterocycles. The van der Waals surface area contributed by atoms with Gasteiger partial charge in [-0.05, 0) is 18.2 Å². The lowest BCUT2D eigenvalue weighted by molar-refractivity contribution is 0.269. The van der Waals surface area contributed by atoms with E-state index in [1.54, 1.807) is 0 Å². The van der Waals surface area contributed by atoms with E-state index in [0.717, 1.165) is 12.1 Å². The summed E-state index contributed by atoms with van der Waals surface area (Å²) in [5.41, 5.74) is 5.19. The van der Waals surface area contributed by atoms with Crippen molar-refractivity contribution in [1.29, 1.82) is 5.41 Å². The number of nitrogens with two attached hydrogens (primary N) is 1. The van der Waals surface area contributed by atoms with Crippen molar-refractivity contribution in [2.45, 2.75) is 6.61 Å². The number of halogens is 3. The molecule has 3 nitrogen and oxygen atoms in total. The molecule has 6 heteroatoms. The average molecular weight is 280 g/mol. The fraction of sp³-hybridized carbons (Fsp3) is 0.0714. The number of amidine groups is 1. The van der Waals surface area contributed by atoms with Gasteiger partial charge in [-0.3, -0.25) is 5.41 Å². The Balaban J connectivity index is 2.24. The SMILES string of the molecule is N=C(N)c1cccc(COc2c(F)cccc2F)c1F. The topological polar surface area (TPSA) is 59.1 Å². The minimum absolute atomic E-state index is 0.0559. The highest BCUT2D eigenvalue weighted by atomic mass is 19.1. The monoisotopic (exact) mass is 280 g/mol. The van der Waals surface area contributed by atoms with Crippen molar-refractivity contribution in [2.75, 3.05) is 0 Å². The molecule has 0 fully saturated rings. The molecule has 0 aliphatic heterocycles.